The van der Waals surface area contributed by atoms with Crippen molar-refractivity contribution in [1.29, 1.82) is 0 Å². The normalized spacial score (nSPS) is 14.7. The Labute approximate surface area is 161 Å². The van der Waals surface area contributed by atoms with Crippen LogP contribution < -0.4 is 10.1 Å². The molecule has 1 heterocycles. The van der Waals surface area contributed by atoms with E-state index in [9.17, 15) is 5.11 Å². The van der Waals surface area contributed by atoms with Crippen LogP contribution in [0.1, 0.15) is 24.5 Å². The number of aliphatic imine (C=N–C) groups is 1. The Morgan fingerprint density at radius 2 is 2.00 bits per heavy atom. The highest BCUT2D eigenvalue weighted by molar-refractivity contribution is 5.81. The third-order valence-corrected chi connectivity index (χ3v) is 4.69. The summed E-state index contributed by atoms with van der Waals surface area (Å²) in [4.78, 5) is 6.97. The quantitative estimate of drug-likeness (QED) is 0.627. The molecule has 0 radical (unpaired) electrons. The number of hydrogen-bond acceptors (Lipinski definition) is 3. The lowest BCUT2D eigenvalue weighted by atomic mass is 10.00. The first-order chi connectivity index (χ1) is 13.2. The van der Waals surface area contributed by atoms with Crippen LogP contribution in [0.15, 0.2) is 59.6 Å². The van der Waals surface area contributed by atoms with Crippen LogP contribution in [0.5, 0.6) is 11.5 Å². The Morgan fingerprint density at radius 3 is 2.67 bits per heavy atom. The van der Waals surface area contributed by atoms with E-state index in [0.29, 0.717) is 12.3 Å². The van der Waals surface area contributed by atoms with Crippen LogP contribution in [0.3, 0.4) is 0 Å². The molecule has 0 aliphatic carbocycles. The van der Waals surface area contributed by atoms with Gasteiger partial charge in [0.2, 0.25) is 0 Å². The largest absolute Gasteiger partial charge is 0.504 e. The van der Waals surface area contributed by atoms with Crippen molar-refractivity contribution in [1.82, 2.24) is 10.2 Å². The van der Waals surface area contributed by atoms with Gasteiger partial charge in [0.1, 0.15) is 0 Å². The van der Waals surface area contributed by atoms with E-state index in [-0.39, 0.29) is 5.75 Å². The number of phenolic OH excluding ortho intramolecular Hbond substituents is 1. The zero-order chi connectivity index (χ0) is 19.1. The molecule has 0 saturated carbocycles. The molecule has 0 spiro atoms. The third-order valence-electron chi connectivity index (χ3n) is 4.69. The minimum Gasteiger partial charge on any atom is -0.504 e. The van der Waals surface area contributed by atoms with Crippen molar-refractivity contribution in [3.05, 3.63) is 65.7 Å². The summed E-state index contributed by atoms with van der Waals surface area (Å²) in [6.07, 6.45) is 3.26. The van der Waals surface area contributed by atoms with Crippen LogP contribution in [0.2, 0.25) is 0 Å². The van der Waals surface area contributed by atoms with Gasteiger partial charge in [-0.15, -0.1) is 0 Å². The van der Waals surface area contributed by atoms with Crippen molar-refractivity contribution in [3.8, 4) is 11.5 Å². The minimum absolute atomic E-state index is 0.157. The second-order valence-corrected chi connectivity index (χ2v) is 6.43. The topological polar surface area (TPSA) is 57.1 Å². The maximum absolute atomic E-state index is 10.3. The third kappa shape index (κ3) is 4.61. The van der Waals surface area contributed by atoms with Crippen molar-refractivity contribution in [3.63, 3.8) is 0 Å². The molecule has 0 atom stereocenters. The lowest BCUT2D eigenvalue weighted by molar-refractivity contribution is 0.370. The summed E-state index contributed by atoms with van der Waals surface area (Å²) >= 11 is 0. The zero-order valence-corrected chi connectivity index (χ0v) is 16.0. The van der Waals surface area contributed by atoms with Gasteiger partial charge in [-0.3, -0.25) is 0 Å². The number of nitrogens with one attached hydrogen (secondary N) is 1. The molecule has 0 aromatic heterocycles. The van der Waals surface area contributed by atoms with Crippen LogP contribution in [0.4, 0.5) is 0 Å². The first-order valence-corrected chi connectivity index (χ1v) is 9.35. The lowest BCUT2D eigenvalue weighted by Gasteiger charge is -2.30. The molecule has 1 aliphatic heterocycles. The maximum Gasteiger partial charge on any atom is 0.194 e. The number of rotatable bonds is 5. The summed E-state index contributed by atoms with van der Waals surface area (Å²) in [6.45, 7) is 5.00. The van der Waals surface area contributed by atoms with Gasteiger partial charge in [0, 0.05) is 25.2 Å². The predicted octanol–water partition coefficient (Wildman–Crippen LogP) is 3.66. The molecule has 3 rings (SSSR count). The van der Waals surface area contributed by atoms with Gasteiger partial charge in [-0.25, -0.2) is 4.99 Å². The molecular formula is C22H27N3O2. The van der Waals surface area contributed by atoms with Crippen molar-refractivity contribution >= 4 is 11.5 Å². The number of benzene rings is 2. The Hall–Kier alpha value is -2.95. The average Bonchev–Trinajstić information content (AvgIpc) is 2.73. The number of para-hydroxylation sites is 1. The molecule has 0 bridgehead atoms. The summed E-state index contributed by atoms with van der Waals surface area (Å²) in [5.74, 6) is 1.49. The summed E-state index contributed by atoms with van der Waals surface area (Å²) in [6, 6.07) is 16.0. The molecule has 2 aromatic rings. The number of nitrogens with zero attached hydrogens (tertiary/aromatic N) is 2. The zero-order valence-electron chi connectivity index (χ0n) is 16.0. The van der Waals surface area contributed by atoms with E-state index in [1.807, 2.05) is 18.2 Å². The van der Waals surface area contributed by atoms with E-state index in [0.717, 1.165) is 37.6 Å². The fourth-order valence-electron chi connectivity index (χ4n) is 3.22. The van der Waals surface area contributed by atoms with E-state index >= 15 is 0 Å². The number of ether oxygens (including phenoxy) is 1. The number of guanidine groups is 1. The van der Waals surface area contributed by atoms with Gasteiger partial charge in [-0.05, 0) is 30.5 Å². The smallest absolute Gasteiger partial charge is 0.194 e. The highest BCUT2D eigenvalue weighted by Gasteiger charge is 2.16. The van der Waals surface area contributed by atoms with E-state index in [1.165, 1.54) is 11.1 Å². The fourth-order valence-corrected chi connectivity index (χ4v) is 3.22. The molecule has 142 valence electrons. The average molecular weight is 365 g/mol. The summed E-state index contributed by atoms with van der Waals surface area (Å²) in [7, 11) is 1.55. The molecule has 0 fully saturated rings. The monoisotopic (exact) mass is 365 g/mol. The SMILES string of the molecule is CCNC(=NCc1cccc(OC)c1O)N1CC=C(c2ccccc2)CC1. The van der Waals surface area contributed by atoms with Gasteiger partial charge in [0.25, 0.3) is 0 Å². The summed E-state index contributed by atoms with van der Waals surface area (Å²) in [5.41, 5.74) is 3.43. The van der Waals surface area contributed by atoms with Crippen LogP contribution >= 0.6 is 0 Å². The number of hydrogen-bond donors (Lipinski definition) is 2. The Kier molecular flexibility index (Phi) is 6.36. The van der Waals surface area contributed by atoms with Gasteiger partial charge in [0.15, 0.2) is 17.5 Å². The van der Waals surface area contributed by atoms with Crippen LogP contribution in [0.25, 0.3) is 5.57 Å². The highest BCUT2D eigenvalue weighted by atomic mass is 16.5. The molecule has 0 unspecified atom stereocenters. The molecule has 0 saturated heterocycles. The molecule has 1 aliphatic rings. The van der Waals surface area contributed by atoms with Crippen LogP contribution in [0, 0.1) is 0 Å². The van der Waals surface area contributed by atoms with Crippen LogP contribution in [-0.4, -0.2) is 42.7 Å². The Bertz CT molecular complexity index is 816. The van der Waals surface area contributed by atoms with E-state index in [1.54, 1.807) is 13.2 Å². The van der Waals surface area contributed by atoms with Gasteiger partial charge in [-0.2, -0.15) is 0 Å². The molecular weight excluding hydrogens is 338 g/mol. The molecule has 5 heteroatoms. The Morgan fingerprint density at radius 1 is 1.19 bits per heavy atom. The summed E-state index contributed by atoms with van der Waals surface area (Å²) in [5, 5.41) is 13.6. The number of phenols is 1. The van der Waals surface area contributed by atoms with Crippen LogP contribution in [-0.2, 0) is 6.54 Å². The predicted molar refractivity (Wildman–Crippen MR) is 110 cm³/mol. The summed E-state index contributed by atoms with van der Waals surface area (Å²) < 4.78 is 5.18. The van der Waals surface area contributed by atoms with Crippen molar-refractivity contribution < 1.29 is 9.84 Å². The van der Waals surface area contributed by atoms with E-state index in [2.05, 4.69) is 47.5 Å². The second kappa shape index (κ2) is 9.12. The van der Waals surface area contributed by atoms with Crippen molar-refractivity contribution in [2.45, 2.75) is 19.9 Å². The maximum atomic E-state index is 10.3. The first kappa shape index (κ1) is 18.8. The number of aromatic hydroxyl groups is 1. The van der Waals surface area contributed by atoms with E-state index < -0.39 is 0 Å². The molecule has 5 nitrogen and oxygen atoms in total. The fraction of sp³-hybridized carbons (Fsp3) is 0.318. The highest BCUT2D eigenvalue weighted by Crippen LogP contribution is 2.30. The second-order valence-electron chi connectivity index (χ2n) is 6.43. The van der Waals surface area contributed by atoms with Crippen molar-refractivity contribution in [2.75, 3.05) is 26.7 Å². The van der Waals surface area contributed by atoms with Crippen molar-refractivity contribution in [2.24, 2.45) is 4.99 Å². The standard InChI is InChI=1S/C22H27N3O2/c1-3-23-22(24-16-19-10-7-11-20(27-2)21(19)26)25-14-12-18(13-15-25)17-8-5-4-6-9-17/h4-12,26H,3,13-16H2,1-2H3,(H,23,24). The van der Waals surface area contributed by atoms with Gasteiger partial charge in [-0.1, -0.05) is 48.5 Å². The first-order valence-electron chi connectivity index (χ1n) is 9.35. The lowest BCUT2D eigenvalue weighted by Crippen LogP contribution is -2.43. The molecule has 0 amide bonds. The molecule has 2 N–H and O–H groups in total. The molecule has 27 heavy (non-hydrogen) atoms. The van der Waals surface area contributed by atoms with Gasteiger partial charge < -0.3 is 20.1 Å². The Balaban J connectivity index is 1.73. The van der Waals surface area contributed by atoms with Gasteiger partial charge >= 0.3 is 0 Å². The number of methoxy groups -OCH3 is 1. The van der Waals surface area contributed by atoms with Gasteiger partial charge in [0.05, 0.1) is 13.7 Å². The van der Waals surface area contributed by atoms with E-state index in [4.69, 9.17) is 9.73 Å². The minimum atomic E-state index is 0.157. The molecule has 2 aromatic carbocycles.